The molecule has 0 bridgehead atoms. The average molecular weight is 766 g/mol. The molecule has 1 aliphatic rings. The number of para-hydroxylation sites is 1. The molecule has 3 heterocycles. The van der Waals surface area contributed by atoms with Crippen molar-refractivity contribution >= 4 is 43.4 Å². The van der Waals surface area contributed by atoms with Gasteiger partial charge in [0, 0.05) is 38.1 Å². The summed E-state index contributed by atoms with van der Waals surface area (Å²) in [5, 5.41) is 7.06. The number of hydrogen-bond donors (Lipinski definition) is 0. The van der Waals surface area contributed by atoms with Crippen molar-refractivity contribution in [2.75, 3.05) is 0 Å². The van der Waals surface area contributed by atoms with Gasteiger partial charge in [0.25, 0.3) is 0 Å². The van der Waals surface area contributed by atoms with E-state index in [4.69, 9.17) is 9.97 Å². The zero-order chi connectivity index (χ0) is 40.0. The molecule has 12 rings (SSSR count). The van der Waals surface area contributed by atoms with Gasteiger partial charge in [0.15, 0.2) is 0 Å². The Labute approximate surface area is 348 Å². The molecule has 8 aromatic carbocycles. The zero-order valence-electron chi connectivity index (χ0n) is 33.4. The number of fused-ring (bicyclic) bond motifs is 8. The van der Waals surface area contributed by atoms with Crippen LogP contribution in [0.3, 0.4) is 0 Å². The molecule has 1 aliphatic carbocycles. The van der Waals surface area contributed by atoms with Gasteiger partial charge in [-0.25, -0.2) is 9.97 Å². The highest BCUT2D eigenvalue weighted by Crippen LogP contribution is 2.50. The van der Waals surface area contributed by atoms with Crippen LogP contribution in [0.25, 0.3) is 105 Å². The van der Waals surface area contributed by atoms with E-state index in [1.54, 1.807) is 0 Å². The summed E-state index contributed by atoms with van der Waals surface area (Å²) in [5.74, 6) is 0. The van der Waals surface area contributed by atoms with Crippen LogP contribution in [0.2, 0.25) is 0 Å². The molecule has 0 atom stereocenters. The monoisotopic (exact) mass is 765 g/mol. The lowest BCUT2D eigenvalue weighted by Crippen LogP contribution is -2.14. The first-order valence-electron chi connectivity index (χ1n) is 20.7. The molecule has 60 heavy (non-hydrogen) atoms. The molecular formula is C57H39N3. The second-order valence-electron chi connectivity index (χ2n) is 16.6. The van der Waals surface area contributed by atoms with Crippen LogP contribution in [0.15, 0.2) is 200 Å². The summed E-state index contributed by atoms with van der Waals surface area (Å²) < 4.78 is 2.46. The van der Waals surface area contributed by atoms with Crippen LogP contribution >= 0.6 is 0 Å². The fourth-order valence-corrected chi connectivity index (χ4v) is 9.80. The molecule has 0 radical (unpaired) electrons. The third kappa shape index (κ3) is 5.29. The highest BCUT2D eigenvalue weighted by molar-refractivity contribution is 6.12. The zero-order valence-corrected chi connectivity index (χ0v) is 33.4. The van der Waals surface area contributed by atoms with Crippen LogP contribution in [0.1, 0.15) is 25.0 Å². The van der Waals surface area contributed by atoms with Gasteiger partial charge in [0.1, 0.15) is 0 Å². The predicted octanol–water partition coefficient (Wildman–Crippen LogP) is 14.9. The summed E-state index contributed by atoms with van der Waals surface area (Å²) in [6, 6.07) is 72.4. The van der Waals surface area contributed by atoms with Crippen LogP contribution in [0, 0.1) is 0 Å². The maximum atomic E-state index is 5.31. The van der Waals surface area contributed by atoms with Crippen molar-refractivity contribution in [3.63, 3.8) is 0 Å². The van der Waals surface area contributed by atoms with E-state index in [0.29, 0.717) is 0 Å². The number of nitrogens with zero attached hydrogens (tertiary/aromatic N) is 3. The molecule has 282 valence electrons. The minimum absolute atomic E-state index is 0.0724. The van der Waals surface area contributed by atoms with Crippen molar-refractivity contribution in [3.05, 3.63) is 211 Å². The molecule has 0 saturated carbocycles. The first-order valence-corrected chi connectivity index (χ1v) is 20.7. The second kappa shape index (κ2) is 13.2. The van der Waals surface area contributed by atoms with Crippen LogP contribution < -0.4 is 0 Å². The number of pyridine rings is 2. The number of hydrogen-bond acceptors (Lipinski definition) is 2. The molecule has 11 aromatic rings. The fourth-order valence-electron chi connectivity index (χ4n) is 9.80. The molecule has 0 unspecified atom stereocenters. The van der Waals surface area contributed by atoms with Crippen molar-refractivity contribution in [1.82, 2.24) is 14.5 Å². The summed E-state index contributed by atoms with van der Waals surface area (Å²) in [5.41, 5.74) is 17.1. The summed E-state index contributed by atoms with van der Waals surface area (Å²) >= 11 is 0. The molecule has 0 saturated heterocycles. The van der Waals surface area contributed by atoms with Gasteiger partial charge >= 0.3 is 0 Å². The quantitative estimate of drug-likeness (QED) is 0.175. The van der Waals surface area contributed by atoms with E-state index in [1.807, 2.05) is 6.07 Å². The Hall–Kier alpha value is -7.62. The Bertz CT molecular complexity index is 3520. The third-order valence-electron chi connectivity index (χ3n) is 12.8. The smallest absolute Gasteiger partial charge is 0.0972 e. The Morgan fingerprint density at radius 3 is 1.90 bits per heavy atom. The van der Waals surface area contributed by atoms with E-state index in [1.165, 1.54) is 66.1 Å². The fraction of sp³-hybridized carbons (Fsp3) is 0.0526. The number of rotatable bonds is 5. The summed E-state index contributed by atoms with van der Waals surface area (Å²) in [6.45, 7) is 4.71. The molecule has 3 heteroatoms. The van der Waals surface area contributed by atoms with E-state index >= 15 is 0 Å². The van der Waals surface area contributed by atoms with Crippen LogP contribution in [0.5, 0.6) is 0 Å². The number of aromatic nitrogens is 3. The summed E-state index contributed by atoms with van der Waals surface area (Å²) in [6.07, 6.45) is 0. The summed E-state index contributed by atoms with van der Waals surface area (Å²) in [4.78, 5) is 10.5. The Balaban J connectivity index is 1.01. The molecule has 0 amide bonds. The van der Waals surface area contributed by atoms with Gasteiger partial charge in [-0.15, -0.1) is 0 Å². The van der Waals surface area contributed by atoms with Gasteiger partial charge < -0.3 is 4.57 Å². The molecule has 3 nitrogen and oxygen atoms in total. The average Bonchev–Trinajstić information content (AvgIpc) is 3.76. The highest BCUT2D eigenvalue weighted by Gasteiger charge is 2.35. The lowest BCUT2D eigenvalue weighted by atomic mass is 9.81. The lowest BCUT2D eigenvalue weighted by Gasteiger charge is -2.22. The van der Waals surface area contributed by atoms with Gasteiger partial charge in [-0.3, -0.25) is 0 Å². The van der Waals surface area contributed by atoms with Gasteiger partial charge in [-0.2, -0.15) is 0 Å². The lowest BCUT2D eigenvalue weighted by molar-refractivity contribution is 0.660. The van der Waals surface area contributed by atoms with Crippen molar-refractivity contribution in [3.8, 4) is 61.8 Å². The van der Waals surface area contributed by atoms with E-state index in [-0.39, 0.29) is 5.41 Å². The third-order valence-corrected chi connectivity index (χ3v) is 12.8. The maximum Gasteiger partial charge on any atom is 0.0972 e. The SMILES string of the molecule is CC1(C)c2ccccc2-c2ccc(-c3cc(-n4c5ccccc5c5cc(-c6cccc(-c7nc(-c8ccccc8)cc8ccccc78)n6)ccc54)c4ccccc4c3)cc21. The highest BCUT2D eigenvalue weighted by atomic mass is 15.0. The second-order valence-corrected chi connectivity index (χ2v) is 16.6. The Morgan fingerprint density at radius 1 is 0.367 bits per heavy atom. The Morgan fingerprint density at radius 2 is 1.03 bits per heavy atom. The predicted molar refractivity (Wildman–Crippen MR) is 251 cm³/mol. The minimum Gasteiger partial charge on any atom is -0.309 e. The van der Waals surface area contributed by atoms with Gasteiger partial charge in [-0.1, -0.05) is 159 Å². The van der Waals surface area contributed by atoms with Crippen LogP contribution in [-0.2, 0) is 5.41 Å². The van der Waals surface area contributed by atoms with Crippen LogP contribution in [0.4, 0.5) is 0 Å². The molecule has 0 spiro atoms. The standard InChI is InChI=1S/C57H39N3/c1-57(2)48-23-12-10-21-44(48)45-29-27-37(33-49(45)57)41-31-38-17-6-8-19-42(38)55(35-41)60-53-26-13-11-22-46(53)47-32-40(28-30-54(47)60)50-24-14-25-51(58-50)56-43-20-9-7-18-39(43)34-52(59-56)36-15-4-3-5-16-36/h3-35H,1-2H3. The van der Waals surface area contributed by atoms with Gasteiger partial charge in [0.2, 0.25) is 0 Å². The van der Waals surface area contributed by atoms with E-state index in [2.05, 4.69) is 213 Å². The van der Waals surface area contributed by atoms with E-state index < -0.39 is 0 Å². The van der Waals surface area contributed by atoms with Crippen molar-refractivity contribution in [2.45, 2.75) is 19.3 Å². The topological polar surface area (TPSA) is 30.7 Å². The van der Waals surface area contributed by atoms with E-state index in [0.717, 1.165) is 50.2 Å². The number of benzene rings is 8. The maximum absolute atomic E-state index is 5.31. The normalized spacial score (nSPS) is 13.0. The molecule has 3 aromatic heterocycles. The Kier molecular flexibility index (Phi) is 7.58. The van der Waals surface area contributed by atoms with Crippen molar-refractivity contribution in [2.24, 2.45) is 0 Å². The largest absolute Gasteiger partial charge is 0.309 e. The van der Waals surface area contributed by atoms with Crippen LogP contribution in [-0.4, -0.2) is 14.5 Å². The first-order chi connectivity index (χ1) is 29.5. The molecule has 0 aliphatic heterocycles. The van der Waals surface area contributed by atoms with E-state index in [9.17, 15) is 0 Å². The molecule has 0 N–H and O–H groups in total. The molecule has 0 fully saturated rings. The first kappa shape index (κ1) is 34.4. The van der Waals surface area contributed by atoms with Crippen molar-refractivity contribution < 1.29 is 0 Å². The summed E-state index contributed by atoms with van der Waals surface area (Å²) in [7, 11) is 0. The minimum atomic E-state index is -0.0724. The van der Waals surface area contributed by atoms with Gasteiger partial charge in [-0.05, 0) is 98.8 Å². The molecular weight excluding hydrogens is 727 g/mol. The van der Waals surface area contributed by atoms with Gasteiger partial charge in [0.05, 0.1) is 39.5 Å². The van der Waals surface area contributed by atoms with Crippen molar-refractivity contribution in [1.29, 1.82) is 0 Å².